The molecule has 0 bridgehead atoms. The van der Waals surface area contributed by atoms with Crippen molar-refractivity contribution in [1.82, 2.24) is 4.57 Å². The molecule has 0 saturated carbocycles. The molecule has 2 nitrogen and oxygen atoms in total. The summed E-state index contributed by atoms with van der Waals surface area (Å²) >= 11 is 0. The number of hydrogen-bond donors (Lipinski definition) is 0. The van der Waals surface area contributed by atoms with Gasteiger partial charge in [0.15, 0.2) is 0 Å². The molecule has 0 saturated heterocycles. The van der Waals surface area contributed by atoms with Gasteiger partial charge in [-0.1, -0.05) is 140 Å². The molecule has 0 radical (unpaired) electrons. The SMILES string of the molecule is CCCCCCCCCCCCCCCCn1cc[n+](CCCCCCC)c1Cc1ccccc1. The minimum atomic E-state index is 1.04. The Bertz CT molecular complexity index is 718. The van der Waals surface area contributed by atoms with Gasteiger partial charge < -0.3 is 0 Å². The zero-order valence-electron chi connectivity index (χ0n) is 23.5. The molecule has 0 aliphatic heterocycles. The average Bonchev–Trinajstić information content (AvgIpc) is 3.25. The molecular formula is C33H57N2+. The molecule has 0 N–H and O–H groups in total. The first-order valence-corrected chi connectivity index (χ1v) is 15.5. The third-order valence-corrected chi connectivity index (χ3v) is 7.55. The Hall–Kier alpha value is -1.57. The molecule has 1 aromatic carbocycles. The minimum absolute atomic E-state index is 1.04. The monoisotopic (exact) mass is 481 g/mol. The van der Waals surface area contributed by atoms with Gasteiger partial charge in [-0.15, -0.1) is 0 Å². The molecule has 198 valence electrons. The summed E-state index contributed by atoms with van der Waals surface area (Å²) in [5.41, 5.74) is 1.42. The molecule has 1 aromatic heterocycles. The fourth-order valence-electron chi connectivity index (χ4n) is 5.25. The highest BCUT2D eigenvalue weighted by molar-refractivity contribution is 5.18. The molecule has 0 spiro atoms. The van der Waals surface area contributed by atoms with E-state index in [0.29, 0.717) is 0 Å². The van der Waals surface area contributed by atoms with Gasteiger partial charge in [0.25, 0.3) is 5.82 Å². The van der Waals surface area contributed by atoms with E-state index in [1.807, 2.05) is 0 Å². The normalized spacial score (nSPS) is 11.4. The van der Waals surface area contributed by atoms with Gasteiger partial charge in [-0.2, -0.15) is 0 Å². The number of aryl methyl sites for hydroxylation is 2. The highest BCUT2D eigenvalue weighted by Crippen LogP contribution is 2.14. The molecule has 0 aliphatic carbocycles. The van der Waals surface area contributed by atoms with Gasteiger partial charge in [-0.05, 0) is 31.2 Å². The Morgan fingerprint density at radius 2 is 1.06 bits per heavy atom. The van der Waals surface area contributed by atoms with Gasteiger partial charge >= 0.3 is 0 Å². The number of hydrogen-bond acceptors (Lipinski definition) is 0. The van der Waals surface area contributed by atoms with Crippen LogP contribution in [0.15, 0.2) is 42.7 Å². The van der Waals surface area contributed by atoms with Crippen LogP contribution in [-0.2, 0) is 19.5 Å². The Morgan fingerprint density at radius 3 is 1.60 bits per heavy atom. The van der Waals surface area contributed by atoms with E-state index < -0.39 is 0 Å². The molecule has 2 heteroatoms. The Balaban J connectivity index is 1.63. The molecule has 0 fully saturated rings. The number of nitrogens with zero attached hydrogens (tertiary/aromatic N) is 2. The number of unbranched alkanes of at least 4 members (excludes halogenated alkanes) is 17. The predicted octanol–water partition coefficient (Wildman–Crippen LogP) is 9.82. The van der Waals surface area contributed by atoms with E-state index in [-0.39, 0.29) is 0 Å². The zero-order valence-corrected chi connectivity index (χ0v) is 23.5. The molecule has 0 atom stereocenters. The van der Waals surface area contributed by atoms with Crippen LogP contribution >= 0.6 is 0 Å². The van der Waals surface area contributed by atoms with E-state index in [4.69, 9.17) is 0 Å². The van der Waals surface area contributed by atoms with Crippen molar-refractivity contribution in [2.24, 2.45) is 0 Å². The van der Waals surface area contributed by atoms with E-state index in [9.17, 15) is 0 Å². The second kappa shape index (κ2) is 20.6. The minimum Gasteiger partial charge on any atom is -0.234 e. The second-order valence-electron chi connectivity index (χ2n) is 10.8. The first-order valence-electron chi connectivity index (χ1n) is 15.5. The molecular weight excluding hydrogens is 424 g/mol. The van der Waals surface area contributed by atoms with Crippen molar-refractivity contribution in [2.75, 3.05) is 0 Å². The zero-order chi connectivity index (χ0) is 24.8. The predicted molar refractivity (Wildman–Crippen MR) is 153 cm³/mol. The van der Waals surface area contributed by atoms with E-state index in [1.54, 1.807) is 0 Å². The second-order valence-corrected chi connectivity index (χ2v) is 10.8. The van der Waals surface area contributed by atoms with Gasteiger partial charge in [0, 0.05) is 0 Å². The van der Waals surface area contributed by atoms with Crippen molar-refractivity contribution < 1.29 is 4.57 Å². The third-order valence-electron chi connectivity index (χ3n) is 7.55. The Labute approximate surface area is 218 Å². The van der Waals surface area contributed by atoms with Gasteiger partial charge in [0.05, 0.1) is 19.5 Å². The van der Waals surface area contributed by atoms with Crippen LogP contribution in [0.2, 0.25) is 0 Å². The number of rotatable bonds is 23. The Morgan fingerprint density at radius 1 is 0.571 bits per heavy atom. The van der Waals surface area contributed by atoms with Crippen LogP contribution in [0.3, 0.4) is 0 Å². The fraction of sp³-hybridized carbons (Fsp3) is 0.727. The van der Waals surface area contributed by atoms with Crippen LogP contribution in [0, 0.1) is 0 Å². The fourth-order valence-corrected chi connectivity index (χ4v) is 5.25. The average molecular weight is 482 g/mol. The summed E-state index contributed by atoms with van der Waals surface area (Å²) in [7, 11) is 0. The lowest BCUT2D eigenvalue weighted by atomic mass is 10.0. The maximum atomic E-state index is 2.54. The van der Waals surface area contributed by atoms with Gasteiger partial charge in [0.1, 0.15) is 12.4 Å². The summed E-state index contributed by atoms with van der Waals surface area (Å²) in [4.78, 5) is 0. The van der Waals surface area contributed by atoms with Crippen LogP contribution in [0.25, 0.3) is 0 Å². The molecule has 35 heavy (non-hydrogen) atoms. The lowest BCUT2D eigenvalue weighted by Crippen LogP contribution is -2.37. The first-order chi connectivity index (χ1) is 17.3. The van der Waals surface area contributed by atoms with Crippen molar-refractivity contribution in [1.29, 1.82) is 0 Å². The molecule has 0 amide bonds. The highest BCUT2D eigenvalue weighted by atomic mass is 15.1. The van der Waals surface area contributed by atoms with E-state index >= 15 is 0 Å². The summed E-state index contributed by atoms with van der Waals surface area (Å²) in [6.45, 7) is 6.93. The largest absolute Gasteiger partial charge is 0.260 e. The molecule has 2 rings (SSSR count). The number of benzene rings is 1. The van der Waals surface area contributed by atoms with Crippen LogP contribution in [-0.4, -0.2) is 4.57 Å². The lowest BCUT2D eigenvalue weighted by molar-refractivity contribution is -0.703. The van der Waals surface area contributed by atoms with Gasteiger partial charge in [-0.3, -0.25) is 0 Å². The summed E-state index contributed by atoms with van der Waals surface area (Å²) in [5.74, 6) is 1.49. The molecule has 0 aliphatic rings. The summed E-state index contributed by atoms with van der Waals surface area (Å²) in [6.07, 6.45) is 32.4. The quantitative estimate of drug-likeness (QED) is 0.110. The summed E-state index contributed by atoms with van der Waals surface area (Å²) in [5, 5.41) is 0. The summed E-state index contributed by atoms with van der Waals surface area (Å²) < 4.78 is 5.07. The van der Waals surface area contributed by atoms with Crippen molar-refractivity contribution in [3.63, 3.8) is 0 Å². The topological polar surface area (TPSA) is 8.81 Å². The standard InChI is InChI=1S/C33H57N2/c1-3-5-7-9-10-11-12-13-14-15-16-17-19-24-28-35-30-29-34(27-23-18-8-6-4-2)33(35)31-32-25-21-20-22-26-32/h20-22,25-26,29-30H,3-19,23-24,27-28,31H2,1-2H3/q+1. The van der Waals surface area contributed by atoms with Crippen molar-refractivity contribution in [2.45, 2.75) is 155 Å². The summed E-state index contributed by atoms with van der Waals surface area (Å²) in [6, 6.07) is 11.0. The van der Waals surface area contributed by atoms with Crippen LogP contribution < -0.4 is 4.57 Å². The van der Waals surface area contributed by atoms with Crippen LogP contribution in [0.4, 0.5) is 0 Å². The number of imidazole rings is 1. The van der Waals surface area contributed by atoms with E-state index in [1.165, 1.54) is 140 Å². The van der Waals surface area contributed by atoms with Crippen molar-refractivity contribution in [3.05, 3.63) is 54.1 Å². The maximum Gasteiger partial charge on any atom is 0.260 e. The van der Waals surface area contributed by atoms with Crippen LogP contribution in [0.1, 0.15) is 147 Å². The maximum absolute atomic E-state index is 2.54. The number of aromatic nitrogens is 2. The third kappa shape index (κ3) is 13.9. The first kappa shape index (κ1) is 29.7. The molecule has 0 unspecified atom stereocenters. The van der Waals surface area contributed by atoms with E-state index in [0.717, 1.165) is 13.0 Å². The lowest BCUT2D eigenvalue weighted by Gasteiger charge is -2.07. The van der Waals surface area contributed by atoms with Crippen LogP contribution in [0.5, 0.6) is 0 Å². The molecule has 1 heterocycles. The highest BCUT2D eigenvalue weighted by Gasteiger charge is 2.17. The van der Waals surface area contributed by atoms with Crippen molar-refractivity contribution >= 4 is 0 Å². The van der Waals surface area contributed by atoms with Gasteiger partial charge in [0.2, 0.25) is 0 Å². The van der Waals surface area contributed by atoms with Gasteiger partial charge in [-0.25, -0.2) is 9.13 Å². The van der Waals surface area contributed by atoms with E-state index in [2.05, 4.69) is 65.7 Å². The smallest absolute Gasteiger partial charge is 0.234 e. The molecule has 2 aromatic rings. The van der Waals surface area contributed by atoms with Crippen molar-refractivity contribution in [3.8, 4) is 0 Å². The Kier molecular flexibility index (Phi) is 17.5.